The highest BCUT2D eigenvalue weighted by Gasteiger charge is 2.12. The summed E-state index contributed by atoms with van der Waals surface area (Å²) < 4.78 is 11.5. The molecule has 20 heavy (non-hydrogen) atoms. The lowest BCUT2D eigenvalue weighted by Crippen LogP contribution is -2.24. The average molecular weight is 275 g/mol. The summed E-state index contributed by atoms with van der Waals surface area (Å²) in [6.07, 6.45) is 1.50. The Kier molecular flexibility index (Phi) is 3.74. The number of ether oxygens (including phenoxy) is 2. The van der Waals surface area contributed by atoms with Gasteiger partial charge in [0.25, 0.3) is 5.56 Å². The Balaban J connectivity index is 2.60. The molecule has 0 spiro atoms. The summed E-state index contributed by atoms with van der Waals surface area (Å²) in [5.74, 6) is -0.277. The predicted molar refractivity (Wildman–Crippen MR) is 72.1 cm³/mol. The van der Waals surface area contributed by atoms with E-state index in [1.807, 2.05) is 0 Å². The Morgan fingerprint density at radius 1 is 1.15 bits per heavy atom. The molecule has 6 heteroatoms. The molecule has 2 aromatic rings. The van der Waals surface area contributed by atoms with Crippen molar-refractivity contribution >= 4 is 5.97 Å². The standard InChI is InChI=1S/C14H13NO5/c1-19-11-6-5-9(8-12(11)20-2)15-7-3-4-10(13(15)16)14(17)18/h3-8H,1-2H3,(H,17,18). The van der Waals surface area contributed by atoms with Gasteiger partial charge in [-0.15, -0.1) is 0 Å². The highest BCUT2D eigenvalue weighted by atomic mass is 16.5. The molecule has 1 aromatic heterocycles. The Hall–Kier alpha value is -2.76. The van der Waals surface area contributed by atoms with Crippen molar-refractivity contribution in [2.45, 2.75) is 0 Å². The number of carbonyl (C=O) groups is 1. The van der Waals surface area contributed by atoms with Gasteiger partial charge in [0, 0.05) is 12.3 Å². The maximum Gasteiger partial charge on any atom is 0.341 e. The number of methoxy groups -OCH3 is 2. The van der Waals surface area contributed by atoms with E-state index in [1.165, 1.54) is 37.1 Å². The molecule has 0 amide bonds. The molecule has 0 unspecified atom stereocenters. The minimum Gasteiger partial charge on any atom is -0.493 e. The number of pyridine rings is 1. The van der Waals surface area contributed by atoms with Crippen LogP contribution in [-0.4, -0.2) is 29.9 Å². The normalized spacial score (nSPS) is 10.1. The van der Waals surface area contributed by atoms with Gasteiger partial charge in [0.15, 0.2) is 11.5 Å². The molecule has 1 N–H and O–H groups in total. The van der Waals surface area contributed by atoms with Crippen LogP contribution < -0.4 is 15.0 Å². The molecule has 0 bridgehead atoms. The van der Waals surface area contributed by atoms with Crippen LogP contribution in [0.4, 0.5) is 0 Å². The first kappa shape index (κ1) is 13.7. The summed E-state index contributed by atoms with van der Waals surface area (Å²) in [5, 5.41) is 8.96. The van der Waals surface area contributed by atoms with E-state index in [1.54, 1.807) is 18.2 Å². The van der Waals surface area contributed by atoms with Gasteiger partial charge in [0.05, 0.1) is 19.9 Å². The van der Waals surface area contributed by atoms with Crippen molar-refractivity contribution in [1.82, 2.24) is 4.57 Å². The number of rotatable bonds is 4. The molecule has 0 aliphatic heterocycles. The number of benzene rings is 1. The molecule has 2 rings (SSSR count). The number of hydrogen-bond acceptors (Lipinski definition) is 4. The fourth-order valence-electron chi connectivity index (χ4n) is 1.83. The van der Waals surface area contributed by atoms with E-state index < -0.39 is 11.5 Å². The van der Waals surface area contributed by atoms with Gasteiger partial charge in [-0.2, -0.15) is 0 Å². The third-order valence-corrected chi connectivity index (χ3v) is 2.82. The minimum absolute atomic E-state index is 0.290. The van der Waals surface area contributed by atoms with Crippen LogP contribution in [0.3, 0.4) is 0 Å². The largest absolute Gasteiger partial charge is 0.493 e. The SMILES string of the molecule is COc1ccc(-n2cccc(C(=O)O)c2=O)cc1OC. The second-order valence-electron chi connectivity index (χ2n) is 3.94. The van der Waals surface area contributed by atoms with Crippen molar-refractivity contribution < 1.29 is 19.4 Å². The molecule has 0 saturated heterocycles. The summed E-state index contributed by atoms with van der Waals surface area (Å²) in [6, 6.07) is 7.66. The minimum atomic E-state index is -1.26. The highest BCUT2D eigenvalue weighted by molar-refractivity contribution is 5.87. The molecule has 0 fully saturated rings. The monoisotopic (exact) mass is 275 g/mol. The zero-order valence-electron chi connectivity index (χ0n) is 11.0. The second-order valence-corrected chi connectivity index (χ2v) is 3.94. The van der Waals surface area contributed by atoms with Crippen molar-refractivity contribution in [3.8, 4) is 17.2 Å². The number of carboxylic acids is 1. The molecule has 0 aliphatic rings. The van der Waals surface area contributed by atoms with Gasteiger partial charge in [-0.25, -0.2) is 4.79 Å². The fourth-order valence-corrected chi connectivity index (χ4v) is 1.83. The van der Waals surface area contributed by atoms with Gasteiger partial charge in [-0.3, -0.25) is 9.36 Å². The van der Waals surface area contributed by atoms with E-state index in [-0.39, 0.29) is 5.56 Å². The van der Waals surface area contributed by atoms with E-state index in [0.29, 0.717) is 17.2 Å². The average Bonchev–Trinajstić information content (AvgIpc) is 2.46. The van der Waals surface area contributed by atoms with Crippen LogP contribution in [0.25, 0.3) is 5.69 Å². The molecule has 0 radical (unpaired) electrons. The first-order valence-electron chi connectivity index (χ1n) is 5.76. The fraction of sp³-hybridized carbons (Fsp3) is 0.143. The van der Waals surface area contributed by atoms with Crippen LogP contribution in [0.1, 0.15) is 10.4 Å². The highest BCUT2D eigenvalue weighted by Crippen LogP contribution is 2.28. The molecule has 0 saturated carbocycles. The summed E-state index contributed by atoms with van der Waals surface area (Å²) in [6.45, 7) is 0. The Bertz CT molecular complexity index is 705. The molecule has 1 heterocycles. The Morgan fingerprint density at radius 3 is 2.45 bits per heavy atom. The van der Waals surface area contributed by atoms with Crippen molar-refractivity contribution in [3.05, 3.63) is 52.4 Å². The molecule has 1 aromatic carbocycles. The van der Waals surface area contributed by atoms with Gasteiger partial charge in [-0.1, -0.05) is 0 Å². The summed E-state index contributed by atoms with van der Waals surface area (Å²) in [4.78, 5) is 23.0. The van der Waals surface area contributed by atoms with Crippen molar-refractivity contribution in [3.63, 3.8) is 0 Å². The molecule has 6 nitrogen and oxygen atoms in total. The topological polar surface area (TPSA) is 77.8 Å². The summed E-state index contributed by atoms with van der Waals surface area (Å²) in [5.41, 5.74) is -0.398. The first-order valence-corrected chi connectivity index (χ1v) is 5.76. The van der Waals surface area contributed by atoms with E-state index in [0.717, 1.165) is 0 Å². The maximum absolute atomic E-state index is 12.1. The molecular formula is C14H13NO5. The lowest BCUT2D eigenvalue weighted by atomic mass is 10.2. The van der Waals surface area contributed by atoms with Crippen LogP contribution in [-0.2, 0) is 0 Å². The molecular weight excluding hydrogens is 262 g/mol. The predicted octanol–water partition coefficient (Wildman–Crippen LogP) is 1.55. The van der Waals surface area contributed by atoms with Crippen LogP contribution in [0, 0.1) is 0 Å². The lowest BCUT2D eigenvalue weighted by Gasteiger charge is -2.11. The van der Waals surface area contributed by atoms with Gasteiger partial charge in [0.1, 0.15) is 5.56 Å². The molecule has 0 atom stereocenters. The second kappa shape index (κ2) is 5.48. The quantitative estimate of drug-likeness (QED) is 0.916. The van der Waals surface area contributed by atoms with Crippen molar-refractivity contribution in [2.75, 3.05) is 14.2 Å². The van der Waals surface area contributed by atoms with Crippen LogP contribution >= 0.6 is 0 Å². The van der Waals surface area contributed by atoms with Gasteiger partial charge in [0.2, 0.25) is 0 Å². The van der Waals surface area contributed by atoms with Gasteiger partial charge < -0.3 is 14.6 Å². The number of carboxylic acid groups (broad SMARTS) is 1. The van der Waals surface area contributed by atoms with Crippen molar-refractivity contribution in [2.24, 2.45) is 0 Å². The number of aromatic carboxylic acids is 1. The zero-order chi connectivity index (χ0) is 14.7. The zero-order valence-corrected chi connectivity index (χ0v) is 11.0. The van der Waals surface area contributed by atoms with E-state index in [2.05, 4.69) is 0 Å². The smallest absolute Gasteiger partial charge is 0.341 e. The molecule has 104 valence electrons. The number of hydrogen-bond donors (Lipinski definition) is 1. The third kappa shape index (κ3) is 2.35. The summed E-state index contributed by atoms with van der Waals surface area (Å²) in [7, 11) is 2.99. The third-order valence-electron chi connectivity index (χ3n) is 2.82. The number of nitrogens with zero attached hydrogens (tertiary/aromatic N) is 1. The summed E-state index contributed by atoms with van der Waals surface area (Å²) >= 11 is 0. The van der Waals surface area contributed by atoms with Crippen LogP contribution in [0.15, 0.2) is 41.3 Å². The van der Waals surface area contributed by atoms with Crippen molar-refractivity contribution in [1.29, 1.82) is 0 Å². The Morgan fingerprint density at radius 2 is 1.85 bits per heavy atom. The number of aromatic nitrogens is 1. The maximum atomic E-state index is 12.1. The molecule has 0 aliphatic carbocycles. The van der Waals surface area contributed by atoms with Gasteiger partial charge in [-0.05, 0) is 24.3 Å². The Labute approximate surface area is 114 Å². The van der Waals surface area contributed by atoms with E-state index in [9.17, 15) is 9.59 Å². The van der Waals surface area contributed by atoms with E-state index >= 15 is 0 Å². The van der Waals surface area contributed by atoms with E-state index in [4.69, 9.17) is 14.6 Å². The van der Waals surface area contributed by atoms with Gasteiger partial charge >= 0.3 is 5.97 Å². The first-order chi connectivity index (χ1) is 9.58. The van der Waals surface area contributed by atoms with Crippen LogP contribution in [0.5, 0.6) is 11.5 Å². The lowest BCUT2D eigenvalue weighted by molar-refractivity contribution is 0.0694. The van der Waals surface area contributed by atoms with Crippen LogP contribution in [0.2, 0.25) is 0 Å².